The van der Waals surface area contributed by atoms with Crippen molar-refractivity contribution in [2.45, 2.75) is 11.9 Å². The molecule has 0 aliphatic rings. The van der Waals surface area contributed by atoms with Gasteiger partial charge in [0.15, 0.2) is 0 Å². The predicted octanol–water partition coefficient (Wildman–Crippen LogP) is -2.24. The summed E-state index contributed by atoms with van der Waals surface area (Å²) in [6, 6.07) is 0. The molecule has 0 aliphatic carbocycles. The molecule has 0 fully saturated rings. The van der Waals surface area contributed by atoms with Crippen LogP contribution in [0.5, 0.6) is 0 Å². The molecule has 9 heteroatoms. The Morgan fingerprint density at radius 1 is 1.43 bits per heavy atom. The Morgan fingerprint density at radius 2 is 2.07 bits per heavy atom. The Kier molecular flexibility index (Phi) is 2.81. The lowest BCUT2D eigenvalue weighted by molar-refractivity contribution is 0.573. The van der Waals surface area contributed by atoms with Crippen molar-refractivity contribution in [2.75, 3.05) is 6.54 Å². The molecule has 8 nitrogen and oxygen atoms in total. The maximum Gasteiger partial charge on any atom is 0.342 e. The highest BCUT2D eigenvalue weighted by molar-refractivity contribution is 7.89. The lowest BCUT2D eigenvalue weighted by Crippen LogP contribution is -2.34. The highest BCUT2D eigenvalue weighted by Gasteiger charge is 2.19. The van der Waals surface area contributed by atoms with Crippen molar-refractivity contribution < 1.29 is 8.42 Å². The number of nitrogens with one attached hydrogen (secondary N) is 3. The average Bonchev–Trinajstić information content (AvgIpc) is 2.02. The van der Waals surface area contributed by atoms with Crippen LogP contribution in [0.3, 0.4) is 0 Å². The van der Waals surface area contributed by atoms with Crippen LogP contribution in [0.15, 0.2) is 14.6 Å². The second-order valence-corrected chi connectivity index (χ2v) is 4.00. The average molecular weight is 220 g/mol. The van der Waals surface area contributed by atoms with E-state index < -0.39 is 26.3 Å². The van der Waals surface area contributed by atoms with Gasteiger partial charge in [0.1, 0.15) is 0 Å². The number of aromatic nitrogens is 3. The maximum atomic E-state index is 11.2. The molecule has 1 aromatic heterocycles. The molecule has 0 aromatic carbocycles. The summed E-state index contributed by atoms with van der Waals surface area (Å²) < 4.78 is 24.6. The zero-order valence-electron chi connectivity index (χ0n) is 7.20. The molecule has 1 heterocycles. The second-order valence-electron chi connectivity index (χ2n) is 2.31. The third-order valence-electron chi connectivity index (χ3n) is 1.27. The first kappa shape index (κ1) is 10.6. The topological polar surface area (TPSA) is 125 Å². The largest absolute Gasteiger partial charge is 0.342 e. The summed E-state index contributed by atoms with van der Waals surface area (Å²) in [5, 5.41) is 4.21. The normalized spacial score (nSPS) is 11.5. The summed E-state index contributed by atoms with van der Waals surface area (Å²) in [6.45, 7) is 1.68. The van der Waals surface area contributed by atoms with E-state index in [0.29, 0.717) is 0 Å². The van der Waals surface area contributed by atoms with Crippen molar-refractivity contribution in [3.63, 3.8) is 0 Å². The summed E-state index contributed by atoms with van der Waals surface area (Å²) in [5.74, 6) is 0. The zero-order valence-corrected chi connectivity index (χ0v) is 8.01. The summed E-state index contributed by atoms with van der Waals surface area (Å²) in [7, 11) is -3.93. The third-order valence-corrected chi connectivity index (χ3v) is 2.72. The molecule has 14 heavy (non-hydrogen) atoms. The molecule has 0 spiro atoms. The van der Waals surface area contributed by atoms with Crippen molar-refractivity contribution in [3.8, 4) is 0 Å². The number of nitrogens with zero attached hydrogens (tertiary/aromatic N) is 1. The van der Waals surface area contributed by atoms with Crippen molar-refractivity contribution in [2.24, 2.45) is 0 Å². The van der Waals surface area contributed by atoms with E-state index in [4.69, 9.17) is 0 Å². The van der Waals surface area contributed by atoms with Gasteiger partial charge < -0.3 is 0 Å². The molecule has 0 atom stereocenters. The Labute approximate surface area is 78.4 Å². The number of hydrogen-bond acceptors (Lipinski definition) is 5. The Morgan fingerprint density at radius 3 is 2.57 bits per heavy atom. The second kappa shape index (κ2) is 3.72. The number of hydrogen-bond donors (Lipinski definition) is 3. The monoisotopic (exact) mass is 220 g/mol. The van der Waals surface area contributed by atoms with Gasteiger partial charge in [0.25, 0.3) is 20.6 Å². The van der Waals surface area contributed by atoms with E-state index in [-0.39, 0.29) is 6.54 Å². The molecule has 78 valence electrons. The number of sulfonamides is 1. The first-order valence-corrected chi connectivity index (χ1v) is 5.14. The van der Waals surface area contributed by atoms with Gasteiger partial charge in [0, 0.05) is 6.54 Å². The van der Waals surface area contributed by atoms with E-state index >= 15 is 0 Å². The van der Waals surface area contributed by atoms with E-state index in [1.165, 1.54) is 0 Å². The minimum Gasteiger partial charge on any atom is -0.270 e. The zero-order chi connectivity index (χ0) is 10.8. The van der Waals surface area contributed by atoms with Crippen LogP contribution in [0.4, 0.5) is 0 Å². The molecule has 0 radical (unpaired) electrons. The van der Waals surface area contributed by atoms with Gasteiger partial charge in [0.2, 0.25) is 0 Å². The smallest absolute Gasteiger partial charge is 0.270 e. The standard InChI is InChI=1S/C5H8N4O4S/c1-2-6-14(12,13)4-3(10)7-5(11)9-8-4/h6H,2H2,1H3,(H2,7,9,10,11). The predicted molar refractivity (Wildman–Crippen MR) is 46.3 cm³/mol. The molecule has 1 rings (SSSR count). The van der Waals surface area contributed by atoms with Gasteiger partial charge >= 0.3 is 5.69 Å². The van der Waals surface area contributed by atoms with Gasteiger partial charge in [-0.1, -0.05) is 6.92 Å². The van der Waals surface area contributed by atoms with Gasteiger partial charge in [-0.25, -0.2) is 23.0 Å². The molecule has 0 aliphatic heterocycles. The van der Waals surface area contributed by atoms with E-state index in [2.05, 4.69) is 9.82 Å². The van der Waals surface area contributed by atoms with Gasteiger partial charge in [-0.15, -0.1) is 0 Å². The van der Waals surface area contributed by atoms with Crippen molar-refractivity contribution in [1.29, 1.82) is 0 Å². The van der Waals surface area contributed by atoms with E-state index in [1.807, 2.05) is 5.10 Å². The number of aromatic amines is 2. The number of rotatable bonds is 3. The summed E-state index contributed by atoms with van der Waals surface area (Å²) in [5.41, 5.74) is -1.90. The highest BCUT2D eigenvalue weighted by Crippen LogP contribution is 1.92. The van der Waals surface area contributed by atoms with Crippen LogP contribution in [0.25, 0.3) is 0 Å². The van der Waals surface area contributed by atoms with Gasteiger partial charge in [-0.2, -0.15) is 5.10 Å². The quantitative estimate of drug-likeness (QED) is 0.531. The fraction of sp³-hybridized carbons (Fsp3) is 0.400. The van der Waals surface area contributed by atoms with Crippen LogP contribution < -0.4 is 16.0 Å². The molecule has 0 saturated heterocycles. The SMILES string of the molecule is CCNS(=O)(=O)c1n[nH]c(=O)[nH]c1=O. The molecule has 3 N–H and O–H groups in total. The highest BCUT2D eigenvalue weighted by atomic mass is 32.2. The fourth-order valence-electron chi connectivity index (χ4n) is 0.777. The van der Waals surface area contributed by atoms with Crippen molar-refractivity contribution in [1.82, 2.24) is 19.9 Å². The van der Waals surface area contributed by atoms with E-state index in [9.17, 15) is 18.0 Å². The molecule has 0 unspecified atom stereocenters. The molecule has 1 aromatic rings. The van der Waals surface area contributed by atoms with Crippen LogP contribution in [0.1, 0.15) is 6.92 Å². The van der Waals surface area contributed by atoms with Crippen LogP contribution in [0, 0.1) is 0 Å². The van der Waals surface area contributed by atoms with Gasteiger partial charge in [-0.3, -0.25) is 9.78 Å². The first-order chi connectivity index (χ1) is 6.47. The molecule has 0 amide bonds. The third kappa shape index (κ3) is 2.06. The van der Waals surface area contributed by atoms with Crippen LogP contribution in [-0.4, -0.2) is 30.1 Å². The maximum absolute atomic E-state index is 11.2. The lowest BCUT2D eigenvalue weighted by atomic mass is 10.8. The van der Waals surface area contributed by atoms with Crippen LogP contribution in [0.2, 0.25) is 0 Å². The molecule has 0 bridgehead atoms. The Hall–Kier alpha value is -1.48. The van der Waals surface area contributed by atoms with E-state index in [0.717, 1.165) is 0 Å². The minimum atomic E-state index is -3.93. The Balaban J connectivity index is 3.35. The van der Waals surface area contributed by atoms with Crippen LogP contribution in [-0.2, 0) is 10.0 Å². The molecular formula is C5H8N4O4S. The minimum absolute atomic E-state index is 0.128. The van der Waals surface area contributed by atoms with Crippen molar-refractivity contribution in [3.05, 3.63) is 20.8 Å². The first-order valence-electron chi connectivity index (χ1n) is 3.66. The Bertz CT molecular complexity index is 527. The van der Waals surface area contributed by atoms with Gasteiger partial charge in [-0.05, 0) is 0 Å². The van der Waals surface area contributed by atoms with Gasteiger partial charge in [0.05, 0.1) is 0 Å². The van der Waals surface area contributed by atoms with E-state index in [1.54, 1.807) is 11.9 Å². The lowest BCUT2D eigenvalue weighted by Gasteiger charge is -2.00. The fourth-order valence-corrected chi connectivity index (χ4v) is 1.76. The summed E-state index contributed by atoms with van der Waals surface area (Å²) in [4.78, 5) is 23.3. The molecular weight excluding hydrogens is 212 g/mol. The van der Waals surface area contributed by atoms with Crippen LogP contribution >= 0.6 is 0 Å². The number of H-pyrrole nitrogens is 2. The summed E-state index contributed by atoms with van der Waals surface area (Å²) in [6.07, 6.45) is 0. The molecule has 0 saturated carbocycles. The van der Waals surface area contributed by atoms with Crippen molar-refractivity contribution >= 4 is 10.0 Å². The summed E-state index contributed by atoms with van der Waals surface area (Å²) >= 11 is 0.